The van der Waals surface area contributed by atoms with Gasteiger partial charge in [0.2, 0.25) is 5.78 Å². The highest BCUT2D eigenvalue weighted by atomic mass is 79.9. The van der Waals surface area contributed by atoms with Gasteiger partial charge in [0.15, 0.2) is 0 Å². The molecule has 2 heterocycles. The normalized spacial score (nSPS) is 19.2. The van der Waals surface area contributed by atoms with Crippen LogP contribution in [0.5, 0.6) is 5.75 Å². The smallest absolute Gasteiger partial charge is 0.251 e. The Bertz CT molecular complexity index is 1380. The molecule has 0 aromatic heterocycles. The maximum Gasteiger partial charge on any atom is 0.251 e. The second kappa shape index (κ2) is 7.61. The molecule has 0 radical (unpaired) electrons. The SMILES string of the molecule is O=C(c1ccc(Br)cc1)[C@H]1Oc2ccccc2[C@@H]2CC(c3ccc4ccccc4c3)=NN12. The zero-order valence-corrected chi connectivity index (χ0v) is 18.7. The molecule has 0 aliphatic carbocycles. The van der Waals surface area contributed by atoms with Crippen LogP contribution in [-0.4, -0.2) is 22.7 Å². The third kappa shape index (κ3) is 3.21. The molecule has 2 aliphatic rings. The van der Waals surface area contributed by atoms with E-state index in [-0.39, 0.29) is 11.8 Å². The molecular weight excluding hydrogens is 464 g/mol. The molecule has 4 aromatic carbocycles. The number of hydrogen-bond acceptors (Lipinski definition) is 4. The van der Waals surface area contributed by atoms with Crippen LogP contribution in [0.1, 0.15) is 33.9 Å². The Morgan fingerprint density at radius 3 is 2.50 bits per heavy atom. The Labute approximate surface area is 194 Å². The van der Waals surface area contributed by atoms with E-state index in [0.717, 1.165) is 33.5 Å². The van der Waals surface area contributed by atoms with Crippen LogP contribution in [0.25, 0.3) is 10.8 Å². The molecule has 32 heavy (non-hydrogen) atoms. The Kier molecular flexibility index (Phi) is 4.58. The number of para-hydroxylation sites is 1. The lowest BCUT2D eigenvalue weighted by Crippen LogP contribution is -2.45. The predicted molar refractivity (Wildman–Crippen MR) is 129 cm³/mol. The predicted octanol–water partition coefficient (Wildman–Crippen LogP) is 6.35. The molecule has 5 heteroatoms. The summed E-state index contributed by atoms with van der Waals surface area (Å²) < 4.78 is 7.13. The number of carbonyl (C=O) groups is 1. The topological polar surface area (TPSA) is 41.9 Å². The number of nitrogens with zero attached hydrogens (tertiary/aromatic N) is 2. The van der Waals surface area contributed by atoms with Crippen LogP contribution in [-0.2, 0) is 0 Å². The van der Waals surface area contributed by atoms with Gasteiger partial charge in [-0.25, -0.2) is 5.01 Å². The van der Waals surface area contributed by atoms with Crippen molar-refractivity contribution >= 4 is 38.2 Å². The van der Waals surface area contributed by atoms with Gasteiger partial charge in [-0.15, -0.1) is 0 Å². The van der Waals surface area contributed by atoms with Gasteiger partial charge in [-0.1, -0.05) is 82.7 Å². The van der Waals surface area contributed by atoms with Gasteiger partial charge in [0, 0.05) is 22.0 Å². The van der Waals surface area contributed by atoms with Crippen LogP contribution in [0, 0.1) is 0 Å². The Morgan fingerprint density at radius 2 is 1.66 bits per heavy atom. The van der Waals surface area contributed by atoms with E-state index in [2.05, 4.69) is 52.3 Å². The maximum absolute atomic E-state index is 13.4. The third-order valence-electron chi connectivity index (χ3n) is 6.13. The highest BCUT2D eigenvalue weighted by Crippen LogP contribution is 2.43. The number of hydrazone groups is 1. The number of halogens is 1. The van der Waals surface area contributed by atoms with Gasteiger partial charge < -0.3 is 4.74 Å². The fourth-order valence-corrected chi connectivity index (χ4v) is 4.77. The van der Waals surface area contributed by atoms with Crippen molar-refractivity contribution in [1.82, 2.24) is 5.01 Å². The first kappa shape index (κ1) is 19.3. The van der Waals surface area contributed by atoms with Gasteiger partial charge >= 0.3 is 0 Å². The van der Waals surface area contributed by atoms with Crippen LogP contribution < -0.4 is 4.74 Å². The lowest BCUT2D eigenvalue weighted by Gasteiger charge is -2.37. The highest BCUT2D eigenvalue weighted by molar-refractivity contribution is 9.10. The van der Waals surface area contributed by atoms with Crippen molar-refractivity contribution in [3.63, 3.8) is 0 Å². The van der Waals surface area contributed by atoms with E-state index in [1.807, 2.05) is 59.6 Å². The average molecular weight is 483 g/mol. The first-order valence-corrected chi connectivity index (χ1v) is 11.4. The molecule has 4 aromatic rings. The van der Waals surface area contributed by atoms with E-state index < -0.39 is 6.23 Å². The minimum Gasteiger partial charge on any atom is -0.461 e. The summed E-state index contributed by atoms with van der Waals surface area (Å²) in [4.78, 5) is 13.4. The summed E-state index contributed by atoms with van der Waals surface area (Å²) >= 11 is 3.43. The molecule has 156 valence electrons. The zero-order chi connectivity index (χ0) is 21.7. The molecule has 0 saturated heterocycles. The second-order valence-electron chi connectivity index (χ2n) is 8.09. The quantitative estimate of drug-likeness (QED) is 0.319. The van der Waals surface area contributed by atoms with Crippen LogP contribution in [0.2, 0.25) is 0 Å². The van der Waals surface area contributed by atoms with Gasteiger partial charge in [-0.05, 0) is 40.6 Å². The summed E-state index contributed by atoms with van der Waals surface area (Å²) in [6, 6.07) is 30.0. The number of carbonyl (C=O) groups excluding carboxylic acids is 1. The molecule has 2 aliphatic heterocycles. The van der Waals surface area contributed by atoms with E-state index >= 15 is 0 Å². The van der Waals surface area contributed by atoms with Crippen LogP contribution in [0.15, 0.2) is 101 Å². The lowest BCUT2D eigenvalue weighted by atomic mass is 9.95. The highest BCUT2D eigenvalue weighted by Gasteiger charge is 2.43. The molecule has 0 N–H and O–H groups in total. The molecule has 6 rings (SSSR count). The summed E-state index contributed by atoms with van der Waals surface area (Å²) in [5.74, 6) is 0.652. The molecule has 0 saturated carbocycles. The van der Waals surface area contributed by atoms with Crippen molar-refractivity contribution < 1.29 is 9.53 Å². The van der Waals surface area contributed by atoms with Gasteiger partial charge in [0.25, 0.3) is 6.23 Å². The minimum absolute atomic E-state index is 0.0363. The van der Waals surface area contributed by atoms with Crippen molar-refractivity contribution in [2.45, 2.75) is 18.7 Å². The standard InChI is InChI=1S/C27H19BrN2O2/c28-21-13-11-18(12-14-21)26(31)27-30-24(22-7-3-4-8-25(22)32-27)16-23(29-30)20-10-9-17-5-1-2-6-19(17)15-20/h1-15,24,27H,16H2/t24-,27+/m0/s1. The molecule has 4 nitrogen and oxygen atoms in total. The Hall–Kier alpha value is -3.44. The third-order valence-corrected chi connectivity index (χ3v) is 6.66. The molecule has 0 bridgehead atoms. The summed E-state index contributed by atoms with van der Waals surface area (Å²) in [7, 11) is 0. The average Bonchev–Trinajstić information content (AvgIpc) is 3.29. The number of fused-ring (bicyclic) bond motifs is 4. The van der Waals surface area contributed by atoms with Crippen LogP contribution in [0.4, 0.5) is 0 Å². The molecule has 0 amide bonds. The fraction of sp³-hybridized carbons (Fsp3) is 0.111. The number of ether oxygens (including phenoxy) is 1. The lowest BCUT2D eigenvalue weighted by molar-refractivity contribution is -0.00455. The molecule has 0 fully saturated rings. The van der Waals surface area contributed by atoms with Crippen molar-refractivity contribution in [2.24, 2.45) is 5.10 Å². The first-order chi connectivity index (χ1) is 15.7. The monoisotopic (exact) mass is 482 g/mol. The Morgan fingerprint density at radius 1 is 0.906 bits per heavy atom. The van der Waals surface area contributed by atoms with E-state index in [4.69, 9.17) is 9.84 Å². The maximum atomic E-state index is 13.4. The van der Waals surface area contributed by atoms with Crippen LogP contribution in [0.3, 0.4) is 0 Å². The van der Waals surface area contributed by atoms with Gasteiger partial charge in [-0.3, -0.25) is 4.79 Å². The molecule has 0 unspecified atom stereocenters. The minimum atomic E-state index is -0.797. The summed E-state index contributed by atoms with van der Waals surface area (Å²) in [6.07, 6.45) is -0.0722. The largest absolute Gasteiger partial charge is 0.461 e. The summed E-state index contributed by atoms with van der Waals surface area (Å²) in [5.41, 5.74) is 3.71. The Balaban J connectivity index is 1.42. The number of rotatable bonds is 3. The van der Waals surface area contributed by atoms with Crippen molar-refractivity contribution in [2.75, 3.05) is 0 Å². The fourth-order valence-electron chi connectivity index (χ4n) is 4.51. The van der Waals surface area contributed by atoms with Crippen LogP contribution >= 0.6 is 15.9 Å². The number of ketones is 1. The van der Waals surface area contributed by atoms with Crippen molar-refractivity contribution in [3.05, 3.63) is 112 Å². The summed E-state index contributed by atoms with van der Waals surface area (Å²) in [5, 5.41) is 9.15. The number of benzene rings is 4. The van der Waals surface area contributed by atoms with Crippen molar-refractivity contribution in [1.29, 1.82) is 0 Å². The number of hydrogen-bond donors (Lipinski definition) is 0. The zero-order valence-electron chi connectivity index (χ0n) is 17.1. The second-order valence-corrected chi connectivity index (χ2v) is 9.00. The van der Waals surface area contributed by atoms with E-state index in [0.29, 0.717) is 5.56 Å². The first-order valence-electron chi connectivity index (χ1n) is 10.6. The van der Waals surface area contributed by atoms with Gasteiger partial charge in [-0.2, -0.15) is 5.10 Å². The van der Waals surface area contributed by atoms with Gasteiger partial charge in [0.05, 0.1) is 11.8 Å². The van der Waals surface area contributed by atoms with E-state index in [9.17, 15) is 4.79 Å². The van der Waals surface area contributed by atoms with E-state index in [1.54, 1.807) is 0 Å². The van der Waals surface area contributed by atoms with Gasteiger partial charge in [0.1, 0.15) is 5.75 Å². The molecule has 0 spiro atoms. The van der Waals surface area contributed by atoms with Crippen molar-refractivity contribution in [3.8, 4) is 5.75 Å². The molecular formula is C27H19BrN2O2. The molecule has 2 atom stereocenters. The number of Topliss-reactive ketones (excluding diaryl/α,β-unsaturated/α-hetero) is 1. The summed E-state index contributed by atoms with van der Waals surface area (Å²) in [6.45, 7) is 0. The van der Waals surface area contributed by atoms with E-state index in [1.165, 1.54) is 10.8 Å².